The number of carbonyl (C=O) groups is 1. The van der Waals surface area contributed by atoms with E-state index < -0.39 is 0 Å². The van der Waals surface area contributed by atoms with Crippen molar-refractivity contribution in [1.82, 2.24) is 15.2 Å². The molecule has 0 spiro atoms. The van der Waals surface area contributed by atoms with E-state index in [1.54, 1.807) is 17.8 Å². The zero-order valence-electron chi connectivity index (χ0n) is 15.6. The van der Waals surface area contributed by atoms with Gasteiger partial charge in [0, 0.05) is 12.2 Å². The third kappa shape index (κ3) is 5.10. The van der Waals surface area contributed by atoms with Crippen LogP contribution < -0.4 is 10.6 Å². The number of pyridine rings is 1. The Morgan fingerprint density at radius 1 is 1.19 bits per heavy atom. The quantitative estimate of drug-likeness (QED) is 0.636. The van der Waals surface area contributed by atoms with E-state index in [2.05, 4.69) is 70.9 Å². The van der Waals surface area contributed by atoms with E-state index in [9.17, 15) is 4.79 Å². The van der Waals surface area contributed by atoms with Crippen LogP contribution in [0.15, 0.2) is 54.2 Å². The first-order valence-corrected chi connectivity index (χ1v) is 9.68. The van der Waals surface area contributed by atoms with Gasteiger partial charge < -0.3 is 5.32 Å². The van der Waals surface area contributed by atoms with E-state index in [0.717, 1.165) is 12.2 Å². The summed E-state index contributed by atoms with van der Waals surface area (Å²) in [6.45, 7) is 6.63. The fourth-order valence-corrected chi connectivity index (χ4v) is 3.53. The third-order valence-electron chi connectivity index (χ3n) is 4.37. The lowest BCUT2D eigenvalue weighted by atomic mass is 9.79. The molecule has 0 aliphatic carbocycles. The van der Waals surface area contributed by atoms with E-state index in [0.29, 0.717) is 10.7 Å². The molecule has 1 unspecified atom stereocenters. The van der Waals surface area contributed by atoms with Crippen molar-refractivity contribution in [2.24, 2.45) is 0 Å². The second kappa shape index (κ2) is 8.26. The normalized spacial score (nSPS) is 12.4. The highest BCUT2D eigenvalue weighted by Gasteiger charge is 2.23. The van der Waals surface area contributed by atoms with Crippen LogP contribution in [0.5, 0.6) is 0 Å². The molecule has 1 atom stereocenters. The number of benzene rings is 1. The van der Waals surface area contributed by atoms with Crippen molar-refractivity contribution in [1.29, 1.82) is 0 Å². The predicted molar refractivity (Wildman–Crippen MR) is 109 cm³/mol. The zero-order valence-corrected chi connectivity index (χ0v) is 16.5. The number of nitrogens with zero attached hydrogens (tertiary/aromatic N) is 3. The average molecular weight is 382 g/mol. The zero-order chi connectivity index (χ0) is 19.3. The maximum Gasteiger partial charge on any atom is 0.259 e. The lowest BCUT2D eigenvalue weighted by molar-refractivity contribution is 0.102. The molecule has 140 valence electrons. The smallest absolute Gasteiger partial charge is 0.259 e. The molecule has 7 heteroatoms. The minimum absolute atomic E-state index is 0.0508. The van der Waals surface area contributed by atoms with Gasteiger partial charge in [0.2, 0.25) is 5.13 Å². The molecule has 0 saturated carbocycles. The molecule has 0 radical (unpaired) electrons. The maximum absolute atomic E-state index is 12.2. The van der Waals surface area contributed by atoms with Gasteiger partial charge in [-0.15, -0.1) is 10.2 Å². The summed E-state index contributed by atoms with van der Waals surface area (Å²) < 4.78 is 0. The van der Waals surface area contributed by atoms with Crippen molar-refractivity contribution in [2.45, 2.75) is 38.6 Å². The average Bonchev–Trinajstić information content (AvgIpc) is 3.15. The highest BCUT2D eigenvalue weighted by atomic mass is 32.1. The molecular formula is C20H23N5OS. The van der Waals surface area contributed by atoms with Gasteiger partial charge in [0.25, 0.3) is 5.91 Å². The number of nitrogens with one attached hydrogen (secondary N) is 2. The Balaban J connectivity index is 1.58. The van der Waals surface area contributed by atoms with Crippen LogP contribution in [0.2, 0.25) is 0 Å². The fraction of sp³-hybridized carbons (Fsp3) is 0.300. The van der Waals surface area contributed by atoms with Crippen molar-refractivity contribution < 1.29 is 4.79 Å². The first-order chi connectivity index (χ1) is 12.9. The third-order valence-corrected chi connectivity index (χ3v) is 4.98. The van der Waals surface area contributed by atoms with Crippen LogP contribution in [0.25, 0.3) is 0 Å². The number of anilines is 2. The van der Waals surface area contributed by atoms with Crippen LogP contribution in [-0.4, -0.2) is 27.1 Å². The summed E-state index contributed by atoms with van der Waals surface area (Å²) in [7, 11) is 0. The molecule has 0 aliphatic rings. The summed E-state index contributed by atoms with van der Waals surface area (Å²) in [6.07, 6.45) is 2.52. The Labute approximate surface area is 163 Å². The van der Waals surface area contributed by atoms with Crippen molar-refractivity contribution in [3.63, 3.8) is 0 Å². The van der Waals surface area contributed by atoms with Crippen molar-refractivity contribution in [2.75, 3.05) is 10.6 Å². The molecule has 0 fully saturated rings. The molecule has 0 bridgehead atoms. The minimum Gasteiger partial charge on any atom is -0.368 e. The second-order valence-electron chi connectivity index (χ2n) is 7.13. The Bertz CT molecular complexity index is 863. The van der Waals surface area contributed by atoms with Gasteiger partial charge in [-0.3, -0.25) is 10.1 Å². The molecular weight excluding hydrogens is 358 g/mol. The molecule has 6 nitrogen and oxygen atoms in total. The number of aromatic nitrogens is 3. The largest absolute Gasteiger partial charge is 0.368 e. The van der Waals surface area contributed by atoms with Crippen LogP contribution in [0.4, 0.5) is 10.9 Å². The second-order valence-corrected chi connectivity index (χ2v) is 7.96. The van der Waals surface area contributed by atoms with E-state index in [4.69, 9.17) is 0 Å². The van der Waals surface area contributed by atoms with E-state index in [1.807, 2.05) is 12.1 Å². The Kier molecular flexibility index (Phi) is 5.81. The highest BCUT2D eigenvalue weighted by molar-refractivity contribution is 7.13. The minimum atomic E-state index is -0.246. The first-order valence-electron chi connectivity index (χ1n) is 8.80. The van der Waals surface area contributed by atoms with Crippen LogP contribution >= 0.6 is 11.3 Å². The molecule has 27 heavy (non-hydrogen) atoms. The van der Waals surface area contributed by atoms with Gasteiger partial charge in [0.15, 0.2) is 0 Å². The van der Waals surface area contributed by atoms with Crippen molar-refractivity contribution in [3.8, 4) is 0 Å². The number of carbonyl (C=O) groups excluding carboxylic acids is 1. The lowest BCUT2D eigenvalue weighted by Crippen LogP contribution is -2.28. The molecule has 2 N–H and O–H groups in total. The Hall–Kier alpha value is -2.80. The predicted octanol–water partition coefficient (Wildman–Crippen LogP) is 4.35. The monoisotopic (exact) mass is 381 g/mol. The van der Waals surface area contributed by atoms with E-state index in [-0.39, 0.29) is 17.4 Å². The van der Waals surface area contributed by atoms with E-state index in [1.165, 1.54) is 16.9 Å². The van der Waals surface area contributed by atoms with Gasteiger partial charge in [-0.05, 0) is 36.5 Å². The summed E-state index contributed by atoms with van der Waals surface area (Å²) in [5.74, 6) is 0.503. The molecule has 1 amide bonds. The Morgan fingerprint density at radius 2 is 1.96 bits per heavy atom. The van der Waals surface area contributed by atoms with E-state index >= 15 is 0 Å². The summed E-state index contributed by atoms with van der Waals surface area (Å²) in [6, 6.07) is 14.3. The molecule has 1 aromatic carbocycles. The van der Waals surface area contributed by atoms with Crippen molar-refractivity contribution >= 4 is 28.2 Å². The first kappa shape index (κ1) is 19.0. The number of amides is 1. The molecule has 3 rings (SSSR count). The summed E-state index contributed by atoms with van der Waals surface area (Å²) in [4.78, 5) is 16.5. The molecule has 3 aromatic rings. The van der Waals surface area contributed by atoms with Crippen LogP contribution in [0, 0.1) is 0 Å². The number of rotatable bonds is 7. The lowest BCUT2D eigenvalue weighted by Gasteiger charge is -2.29. The molecule has 2 heterocycles. The van der Waals surface area contributed by atoms with Gasteiger partial charge >= 0.3 is 0 Å². The van der Waals surface area contributed by atoms with Gasteiger partial charge in [0.1, 0.15) is 11.3 Å². The standard InChI is InChI=1S/C20H23N5OS/c1-14(11-20(2,3)16-7-5-4-6-8-16)23-17-10-9-15(12-21-17)18(26)24-19-25-22-13-27-19/h4-10,12-14H,11H2,1-3H3,(H,21,23)(H,24,25,26). The number of hydrogen-bond acceptors (Lipinski definition) is 6. The molecule has 0 saturated heterocycles. The highest BCUT2D eigenvalue weighted by Crippen LogP contribution is 2.29. The van der Waals surface area contributed by atoms with Gasteiger partial charge in [0.05, 0.1) is 5.56 Å². The molecule has 0 aliphatic heterocycles. The van der Waals surface area contributed by atoms with Crippen molar-refractivity contribution in [3.05, 3.63) is 65.3 Å². The summed E-state index contributed by atoms with van der Waals surface area (Å²) in [5.41, 5.74) is 3.41. The van der Waals surface area contributed by atoms with Gasteiger partial charge in [-0.2, -0.15) is 0 Å². The summed E-state index contributed by atoms with van der Waals surface area (Å²) >= 11 is 1.27. The molecule has 2 aromatic heterocycles. The maximum atomic E-state index is 12.2. The van der Waals surface area contributed by atoms with Gasteiger partial charge in [-0.1, -0.05) is 55.5 Å². The number of hydrogen-bond donors (Lipinski definition) is 2. The van der Waals surface area contributed by atoms with Gasteiger partial charge in [-0.25, -0.2) is 4.98 Å². The topological polar surface area (TPSA) is 79.8 Å². The Morgan fingerprint density at radius 3 is 2.59 bits per heavy atom. The van der Waals surface area contributed by atoms with Crippen LogP contribution in [0.1, 0.15) is 43.1 Å². The fourth-order valence-electron chi connectivity index (χ4n) is 3.09. The van der Waals surface area contributed by atoms with Crippen LogP contribution in [0.3, 0.4) is 0 Å². The summed E-state index contributed by atoms with van der Waals surface area (Å²) in [5, 5.41) is 14.1. The SMILES string of the molecule is CC(CC(C)(C)c1ccccc1)Nc1ccc(C(=O)Nc2nncs2)cn1. The van der Waals surface area contributed by atoms with Crippen LogP contribution in [-0.2, 0) is 5.41 Å².